The highest BCUT2D eigenvalue weighted by molar-refractivity contribution is 5.37. The van der Waals surface area contributed by atoms with E-state index >= 15 is 0 Å². The van der Waals surface area contributed by atoms with Crippen LogP contribution in [0.4, 0.5) is 0 Å². The number of nitrogens with zero attached hydrogens (tertiary/aromatic N) is 1. The van der Waals surface area contributed by atoms with Crippen molar-refractivity contribution >= 4 is 0 Å². The predicted octanol–water partition coefficient (Wildman–Crippen LogP) is 3.04. The lowest BCUT2D eigenvalue weighted by atomic mass is 10.0. The lowest BCUT2D eigenvalue weighted by Gasteiger charge is -2.21. The van der Waals surface area contributed by atoms with E-state index in [1.807, 2.05) is 26.0 Å². The van der Waals surface area contributed by atoms with E-state index in [0.29, 0.717) is 12.2 Å². The van der Waals surface area contributed by atoms with E-state index in [0.717, 1.165) is 17.5 Å². The van der Waals surface area contributed by atoms with Gasteiger partial charge in [-0.25, -0.2) is 0 Å². The van der Waals surface area contributed by atoms with Gasteiger partial charge < -0.3 is 10.4 Å². The third kappa shape index (κ3) is 3.76. The quantitative estimate of drug-likeness (QED) is 0.820. The van der Waals surface area contributed by atoms with Gasteiger partial charge in [-0.05, 0) is 26.3 Å². The molecule has 3 nitrogen and oxygen atoms in total. The first-order valence-corrected chi connectivity index (χ1v) is 6.01. The lowest BCUT2D eigenvalue weighted by molar-refractivity contribution is 0.420. The Kier molecular flexibility index (Phi) is 4.99. The van der Waals surface area contributed by atoms with E-state index in [2.05, 4.69) is 18.3 Å². The molecule has 0 heterocycles. The van der Waals surface area contributed by atoms with E-state index in [9.17, 15) is 5.11 Å². The highest BCUT2D eigenvalue weighted by atomic mass is 16.3. The number of hydrogen-bond acceptors (Lipinski definition) is 3. The number of nitrogens with one attached hydrogen (secondary N) is 1. The van der Waals surface area contributed by atoms with Gasteiger partial charge in [0.05, 0.1) is 12.5 Å². The molecule has 1 rings (SSSR count). The van der Waals surface area contributed by atoms with Crippen LogP contribution in [0.2, 0.25) is 0 Å². The fraction of sp³-hybridized carbons (Fsp3) is 0.500. The Morgan fingerprint density at radius 3 is 2.76 bits per heavy atom. The number of aryl methyl sites for hydroxylation is 1. The molecule has 0 spiro atoms. The largest absolute Gasteiger partial charge is 0.508 e. The average molecular weight is 232 g/mol. The summed E-state index contributed by atoms with van der Waals surface area (Å²) in [5.41, 5.74) is 2.01. The van der Waals surface area contributed by atoms with Gasteiger partial charge >= 0.3 is 0 Å². The number of phenolic OH excluding ortho intramolecular Hbond substituents is 1. The van der Waals surface area contributed by atoms with Gasteiger partial charge in [0.15, 0.2) is 0 Å². The fourth-order valence-electron chi connectivity index (χ4n) is 1.90. The molecule has 0 amide bonds. The number of phenols is 1. The second kappa shape index (κ2) is 6.27. The summed E-state index contributed by atoms with van der Waals surface area (Å²) in [5.74, 6) is 0.308. The van der Waals surface area contributed by atoms with Crippen molar-refractivity contribution in [2.75, 3.05) is 0 Å². The standard InChI is InChI=1S/C14H20N2O/c1-4-12(7-8-15)16-11(3)13-9-10(2)5-6-14(13)17/h5-6,9,11-12,16-17H,4,7H2,1-3H3. The maximum atomic E-state index is 9.82. The predicted molar refractivity (Wildman–Crippen MR) is 68.7 cm³/mol. The zero-order valence-electron chi connectivity index (χ0n) is 10.7. The molecular formula is C14H20N2O. The van der Waals surface area contributed by atoms with Crippen LogP contribution in [0.1, 0.15) is 43.9 Å². The Hall–Kier alpha value is -1.53. The minimum absolute atomic E-state index is 0.0493. The minimum Gasteiger partial charge on any atom is -0.508 e. The van der Waals surface area contributed by atoms with Crippen LogP contribution in [0, 0.1) is 18.3 Å². The fourth-order valence-corrected chi connectivity index (χ4v) is 1.90. The number of benzene rings is 1. The number of aromatic hydroxyl groups is 1. The zero-order chi connectivity index (χ0) is 12.8. The second-order valence-corrected chi connectivity index (χ2v) is 4.42. The number of nitriles is 1. The van der Waals surface area contributed by atoms with Gasteiger partial charge in [0.25, 0.3) is 0 Å². The van der Waals surface area contributed by atoms with Crippen molar-refractivity contribution in [3.63, 3.8) is 0 Å². The Labute approximate surface area is 103 Å². The highest BCUT2D eigenvalue weighted by Crippen LogP contribution is 2.25. The molecule has 0 saturated heterocycles. The monoisotopic (exact) mass is 232 g/mol. The lowest BCUT2D eigenvalue weighted by Crippen LogP contribution is -2.30. The molecule has 0 aromatic heterocycles. The third-order valence-corrected chi connectivity index (χ3v) is 2.97. The van der Waals surface area contributed by atoms with Crippen molar-refractivity contribution in [3.8, 4) is 11.8 Å². The second-order valence-electron chi connectivity index (χ2n) is 4.42. The molecule has 0 aliphatic rings. The van der Waals surface area contributed by atoms with E-state index in [1.54, 1.807) is 6.07 Å². The number of rotatable bonds is 5. The van der Waals surface area contributed by atoms with Crippen LogP contribution in [-0.4, -0.2) is 11.1 Å². The summed E-state index contributed by atoms with van der Waals surface area (Å²) in [6, 6.07) is 7.98. The molecule has 3 heteroatoms. The van der Waals surface area contributed by atoms with Crippen LogP contribution in [0.15, 0.2) is 18.2 Å². The molecule has 2 atom stereocenters. The molecule has 1 aromatic rings. The van der Waals surface area contributed by atoms with Gasteiger partial charge in [-0.2, -0.15) is 5.26 Å². The van der Waals surface area contributed by atoms with Crippen molar-refractivity contribution in [1.82, 2.24) is 5.32 Å². The Balaban J connectivity index is 2.78. The summed E-state index contributed by atoms with van der Waals surface area (Å²) in [5, 5.41) is 21.9. The van der Waals surface area contributed by atoms with E-state index < -0.39 is 0 Å². The molecule has 92 valence electrons. The minimum atomic E-state index is 0.0493. The van der Waals surface area contributed by atoms with Crippen molar-refractivity contribution in [3.05, 3.63) is 29.3 Å². The molecule has 0 aliphatic carbocycles. The first-order valence-electron chi connectivity index (χ1n) is 6.01. The molecule has 0 saturated carbocycles. The molecule has 17 heavy (non-hydrogen) atoms. The summed E-state index contributed by atoms with van der Waals surface area (Å²) in [6.07, 6.45) is 1.40. The summed E-state index contributed by atoms with van der Waals surface area (Å²) < 4.78 is 0. The molecule has 1 aromatic carbocycles. The highest BCUT2D eigenvalue weighted by Gasteiger charge is 2.14. The van der Waals surface area contributed by atoms with E-state index in [4.69, 9.17) is 5.26 Å². The van der Waals surface area contributed by atoms with Crippen LogP contribution < -0.4 is 5.32 Å². The Morgan fingerprint density at radius 2 is 2.18 bits per heavy atom. The Bertz CT molecular complexity index is 409. The third-order valence-electron chi connectivity index (χ3n) is 2.97. The first-order chi connectivity index (χ1) is 8.08. The average Bonchev–Trinajstić information content (AvgIpc) is 2.31. The molecule has 2 unspecified atom stereocenters. The summed E-state index contributed by atoms with van der Waals surface area (Å²) in [6.45, 7) is 6.06. The van der Waals surface area contributed by atoms with Gasteiger partial charge in [0, 0.05) is 17.6 Å². The summed E-state index contributed by atoms with van der Waals surface area (Å²) in [7, 11) is 0. The summed E-state index contributed by atoms with van der Waals surface area (Å²) >= 11 is 0. The normalized spacial score (nSPS) is 14.0. The molecule has 0 aliphatic heterocycles. The van der Waals surface area contributed by atoms with Gasteiger partial charge in [0.1, 0.15) is 5.75 Å². The van der Waals surface area contributed by atoms with Crippen molar-refractivity contribution in [2.24, 2.45) is 0 Å². The van der Waals surface area contributed by atoms with Crippen molar-refractivity contribution in [1.29, 1.82) is 5.26 Å². The molecule has 2 N–H and O–H groups in total. The van der Waals surface area contributed by atoms with Crippen LogP contribution in [0.5, 0.6) is 5.75 Å². The van der Waals surface area contributed by atoms with Crippen LogP contribution >= 0.6 is 0 Å². The SMILES string of the molecule is CCC(CC#N)NC(C)c1cc(C)ccc1O. The van der Waals surface area contributed by atoms with Gasteiger partial charge in [-0.3, -0.25) is 0 Å². The van der Waals surface area contributed by atoms with Crippen molar-refractivity contribution in [2.45, 2.75) is 45.7 Å². The molecule has 0 radical (unpaired) electrons. The van der Waals surface area contributed by atoms with Gasteiger partial charge in [0.2, 0.25) is 0 Å². The molecule has 0 fully saturated rings. The molecule has 0 bridgehead atoms. The molecular weight excluding hydrogens is 212 g/mol. The first kappa shape index (κ1) is 13.5. The smallest absolute Gasteiger partial charge is 0.120 e. The topological polar surface area (TPSA) is 56.0 Å². The maximum Gasteiger partial charge on any atom is 0.120 e. The summed E-state index contributed by atoms with van der Waals surface area (Å²) in [4.78, 5) is 0. The Morgan fingerprint density at radius 1 is 1.47 bits per heavy atom. The van der Waals surface area contributed by atoms with Crippen LogP contribution in [0.3, 0.4) is 0 Å². The van der Waals surface area contributed by atoms with Gasteiger partial charge in [-0.15, -0.1) is 0 Å². The van der Waals surface area contributed by atoms with E-state index in [-0.39, 0.29) is 12.1 Å². The number of hydrogen-bond donors (Lipinski definition) is 2. The van der Waals surface area contributed by atoms with Crippen LogP contribution in [0.25, 0.3) is 0 Å². The van der Waals surface area contributed by atoms with Gasteiger partial charge in [-0.1, -0.05) is 24.6 Å². The van der Waals surface area contributed by atoms with E-state index in [1.165, 1.54) is 0 Å². The van der Waals surface area contributed by atoms with Crippen molar-refractivity contribution < 1.29 is 5.11 Å². The maximum absolute atomic E-state index is 9.82. The van der Waals surface area contributed by atoms with Crippen LogP contribution in [-0.2, 0) is 0 Å². The zero-order valence-corrected chi connectivity index (χ0v) is 10.7.